The minimum Gasteiger partial charge on any atom is -0.379 e. The van der Waals surface area contributed by atoms with Gasteiger partial charge in [0.2, 0.25) is 0 Å². The summed E-state index contributed by atoms with van der Waals surface area (Å²) in [6.07, 6.45) is -7.66. The van der Waals surface area contributed by atoms with Gasteiger partial charge in [-0.05, 0) is 34.5 Å². The second kappa shape index (κ2) is 4.09. The first-order valence-electron chi connectivity index (χ1n) is 3.94. The fraction of sp³-hybridized carbons (Fsp3) is 0.333. The predicted octanol–water partition coefficient (Wildman–Crippen LogP) is 3.49. The van der Waals surface area contributed by atoms with Crippen LogP contribution in [0.15, 0.2) is 16.6 Å². The summed E-state index contributed by atoms with van der Waals surface area (Å²) in [5, 5.41) is 8.90. The van der Waals surface area contributed by atoms with E-state index in [1.807, 2.05) is 0 Å². The molecule has 0 heterocycles. The molecule has 1 atom stereocenters. The van der Waals surface area contributed by atoms with Crippen molar-refractivity contribution in [3.8, 4) is 0 Å². The van der Waals surface area contributed by atoms with Crippen molar-refractivity contribution in [2.75, 3.05) is 0 Å². The maximum absolute atomic E-state index is 13.3. The summed E-state index contributed by atoms with van der Waals surface area (Å²) in [4.78, 5) is 0. The summed E-state index contributed by atoms with van der Waals surface area (Å²) in [6.45, 7) is 1.51. The van der Waals surface area contributed by atoms with Gasteiger partial charge in [0.25, 0.3) is 0 Å². The first-order chi connectivity index (χ1) is 6.73. The maximum Gasteiger partial charge on any atom is 0.418 e. The van der Waals surface area contributed by atoms with E-state index in [0.717, 1.165) is 6.07 Å². The zero-order chi connectivity index (χ0) is 11.8. The summed E-state index contributed by atoms with van der Waals surface area (Å²) in [7, 11) is 0. The quantitative estimate of drug-likeness (QED) is 0.784. The topological polar surface area (TPSA) is 20.2 Å². The molecular formula is C9H7BrF4O. The third kappa shape index (κ3) is 2.69. The Morgan fingerprint density at radius 2 is 1.87 bits per heavy atom. The molecule has 0 aromatic heterocycles. The third-order valence-electron chi connectivity index (χ3n) is 1.81. The van der Waals surface area contributed by atoms with Gasteiger partial charge in [-0.25, -0.2) is 4.39 Å². The Kier molecular flexibility index (Phi) is 3.40. The third-order valence-corrected chi connectivity index (χ3v) is 2.38. The van der Waals surface area contributed by atoms with Crippen LogP contribution in [-0.2, 0) is 0 Å². The van der Waals surface area contributed by atoms with E-state index in [1.165, 1.54) is 13.0 Å². The van der Waals surface area contributed by atoms with Crippen LogP contribution in [0.1, 0.15) is 17.2 Å². The first-order valence-corrected chi connectivity index (χ1v) is 4.73. The number of benzene rings is 1. The van der Waals surface area contributed by atoms with E-state index in [0.29, 0.717) is 5.56 Å². The lowest BCUT2D eigenvalue weighted by Crippen LogP contribution is -2.21. The van der Waals surface area contributed by atoms with E-state index in [9.17, 15) is 17.6 Å². The zero-order valence-corrected chi connectivity index (χ0v) is 9.16. The molecule has 1 unspecified atom stereocenters. The van der Waals surface area contributed by atoms with E-state index in [-0.39, 0.29) is 4.47 Å². The average Bonchev–Trinajstić information content (AvgIpc) is 2.08. The number of hydrogen-bond donors (Lipinski definition) is 1. The number of hydrogen-bond acceptors (Lipinski definition) is 1. The lowest BCUT2D eigenvalue weighted by molar-refractivity contribution is -0.207. The minimum atomic E-state index is -4.87. The van der Waals surface area contributed by atoms with Gasteiger partial charge in [-0.1, -0.05) is 6.07 Å². The highest BCUT2D eigenvalue weighted by molar-refractivity contribution is 9.10. The summed E-state index contributed by atoms with van der Waals surface area (Å²) in [6, 6.07) is 2.31. The molecule has 1 nitrogen and oxygen atoms in total. The Hall–Kier alpha value is -0.620. The van der Waals surface area contributed by atoms with Crippen molar-refractivity contribution in [3.05, 3.63) is 33.5 Å². The van der Waals surface area contributed by atoms with Crippen LogP contribution in [0.2, 0.25) is 0 Å². The van der Waals surface area contributed by atoms with E-state index in [4.69, 9.17) is 5.11 Å². The van der Waals surface area contributed by atoms with Crippen molar-refractivity contribution < 1.29 is 22.7 Å². The molecule has 0 radical (unpaired) electrons. The second-order valence-corrected chi connectivity index (χ2v) is 3.95. The number of aryl methyl sites for hydroxylation is 1. The van der Waals surface area contributed by atoms with Gasteiger partial charge in [-0.3, -0.25) is 0 Å². The Balaban J connectivity index is 3.25. The van der Waals surface area contributed by atoms with Crippen molar-refractivity contribution in [2.24, 2.45) is 0 Å². The summed E-state index contributed by atoms with van der Waals surface area (Å²) in [5.41, 5.74) is -0.337. The first kappa shape index (κ1) is 12.4. The summed E-state index contributed by atoms with van der Waals surface area (Å²) >= 11 is 2.78. The molecule has 0 aliphatic heterocycles. The van der Waals surface area contributed by atoms with Crippen LogP contribution in [0.4, 0.5) is 17.6 Å². The molecule has 0 aliphatic carbocycles. The Bertz CT molecular complexity index is 375. The molecule has 0 aliphatic rings. The van der Waals surface area contributed by atoms with Crippen molar-refractivity contribution in [3.63, 3.8) is 0 Å². The van der Waals surface area contributed by atoms with Gasteiger partial charge < -0.3 is 5.11 Å². The number of aliphatic hydroxyl groups excluding tert-OH is 1. The monoisotopic (exact) mass is 286 g/mol. The Morgan fingerprint density at radius 3 is 2.33 bits per heavy atom. The van der Waals surface area contributed by atoms with Crippen molar-refractivity contribution in [1.29, 1.82) is 0 Å². The molecule has 0 spiro atoms. The van der Waals surface area contributed by atoms with Gasteiger partial charge >= 0.3 is 6.18 Å². The van der Waals surface area contributed by atoms with Gasteiger partial charge in [-0.2, -0.15) is 13.2 Å². The Labute approximate surface area is 91.9 Å². The van der Waals surface area contributed by atoms with Gasteiger partial charge in [0.05, 0.1) is 4.47 Å². The van der Waals surface area contributed by atoms with Crippen LogP contribution in [0.3, 0.4) is 0 Å². The second-order valence-electron chi connectivity index (χ2n) is 3.09. The van der Waals surface area contributed by atoms with Crippen molar-refractivity contribution >= 4 is 15.9 Å². The van der Waals surface area contributed by atoms with Crippen LogP contribution in [0.5, 0.6) is 0 Å². The van der Waals surface area contributed by atoms with E-state index >= 15 is 0 Å². The smallest absolute Gasteiger partial charge is 0.379 e. The van der Waals surface area contributed by atoms with Gasteiger partial charge in [0, 0.05) is 5.56 Å². The fourth-order valence-corrected chi connectivity index (χ4v) is 1.72. The molecule has 1 aromatic rings. The molecule has 0 saturated heterocycles. The molecule has 0 bridgehead atoms. The summed E-state index contributed by atoms with van der Waals surface area (Å²) in [5.74, 6) is -1.09. The normalized spacial score (nSPS) is 14.1. The average molecular weight is 287 g/mol. The SMILES string of the molecule is Cc1cc(Br)c(F)c(C(O)C(F)(F)F)c1. The van der Waals surface area contributed by atoms with E-state index in [2.05, 4.69) is 15.9 Å². The van der Waals surface area contributed by atoms with Crippen molar-refractivity contribution in [2.45, 2.75) is 19.2 Å². The lowest BCUT2D eigenvalue weighted by atomic mass is 10.1. The van der Waals surface area contributed by atoms with E-state index in [1.54, 1.807) is 0 Å². The number of halogens is 5. The standard InChI is InChI=1S/C9H7BrF4O/c1-4-2-5(7(11)6(10)3-4)8(15)9(12,13)14/h2-3,8,15H,1H3. The van der Waals surface area contributed by atoms with E-state index < -0.39 is 23.7 Å². The van der Waals surface area contributed by atoms with Gasteiger partial charge in [0.15, 0.2) is 6.10 Å². The largest absolute Gasteiger partial charge is 0.418 e. The van der Waals surface area contributed by atoms with Crippen LogP contribution in [-0.4, -0.2) is 11.3 Å². The molecule has 84 valence electrons. The molecule has 15 heavy (non-hydrogen) atoms. The minimum absolute atomic E-state index is 0.0965. The molecule has 0 amide bonds. The molecule has 1 rings (SSSR count). The highest BCUT2D eigenvalue weighted by Gasteiger charge is 2.41. The number of aliphatic hydroxyl groups is 1. The van der Waals surface area contributed by atoms with Crippen LogP contribution in [0, 0.1) is 12.7 Å². The summed E-state index contributed by atoms with van der Waals surface area (Å²) < 4.78 is 49.6. The molecular weight excluding hydrogens is 280 g/mol. The van der Waals surface area contributed by atoms with Crippen LogP contribution >= 0.6 is 15.9 Å². The maximum atomic E-state index is 13.3. The zero-order valence-electron chi connectivity index (χ0n) is 7.57. The van der Waals surface area contributed by atoms with Crippen molar-refractivity contribution in [1.82, 2.24) is 0 Å². The van der Waals surface area contributed by atoms with Crippen LogP contribution < -0.4 is 0 Å². The molecule has 6 heteroatoms. The highest BCUT2D eigenvalue weighted by Crippen LogP contribution is 2.36. The molecule has 0 saturated carbocycles. The molecule has 1 N–H and O–H groups in total. The van der Waals surface area contributed by atoms with Gasteiger partial charge in [0.1, 0.15) is 5.82 Å². The molecule has 0 fully saturated rings. The fourth-order valence-electron chi connectivity index (χ4n) is 1.13. The predicted molar refractivity (Wildman–Crippen MR) is 49.9 cm³/mol. The lowest BCUT2D eigenvalue weighted by Gasteiger charge is -2.16. The number of rotatable bonds is 1. The van der Waals surface area contributed by atoms with Gasteiger partial charge in [-0.15, -0.1) is 0 Å². The Morgan fingerprint density at radius 1 is 1.33 bits per heavy atom. The highest BCUT2D eigenvalue weighted by atomic mass is 79.9. The molecule has 1 aromatic carbocycles. The number of alkyl halides is 3. The van der Waals surface area contributed by atoms with Crippen LogP contribution in [0.25, 0.3) is 0 Å².